The average molecular weight is 557 g/mol. The van der Waals surface area contributed by atoms with Gasteiger partial charge in [-0.3, -0.25) is 9.79 Å². The minimum atomic E-state index is -3.54. The van der Waals surface area contributed by atoms with Crippen LogP contribution in [0.5, 0.6) is 0 Å². The van der Waals surface area contributed by atoms with Crippen LogP contribution in [-0.4, -0.2) is 52.3 Å². The van der Waals surface area contributed by atoms with Crippen molar-refractivity contribution in [2.45, 2.75) is 23.8 Å². The molecule has 1 aliphatic rings. The van der Waals surface area contributed by atoms with Gasteiger partial charge in [-0.15, -0.1) is 24.0 Å². The van der Waals surface area contributed by atoms with Gasteiger partial charge in [0.2, 0.25) is 15.9 Å². The molecule has 1 atom stereocenters. The Bertz CT molecular complexity index is 1060. The molecule has 0 saturated carbocycles. The van der Waals surface area contributed by atoms with Gasteiger partial charge in [0.1, 0.15) is 0 Å². The molecule has 31 heavy (non-hydrogen) atoms. The molecule has 10 heteroatoms. The number of anilines is 1. The fourth-order valence-corrected chi connectivity index (χ4v) is 4.52. The van der Waals surface area contributed by atoms with Crippen LogP contribution in [0.4, 0.5) is 5.69 Å². The largest absolute Gasteiger partial charge is 0.356 e. The highest BCUT2D eigenvalue weighted by molar-refractivity contribution is 14.0. The van der Waals surface area contributed by atoms with Crippen molar-refractivity contribution < 1.29 is 13.2 Å². The lowest BCUT2D eigenvalue weighted by Gasteiger charge is -2.26. The summed E-state index contributed by atoms with van der Waals surface area (Å²) in [4.78, 5) is 16.5. The van der Waals surface area contributed by atoms with Gasteiger partial charge >= 0.3 is 0 Å². The van der Waals surface area contributed by atoms with Crippen LogP contribution in [0.1, 0.15) is 23.5 Å². The van der Waals surface area contributed by atoms with Gasteiger partial charge in [0, 0.05) is 52.3 Å². The summed E-state index contributed by atoms with van der Waals surface area (Å²) in [5.74, 6) is 0.552. The normalized spacial score (nSPS) is 16.2. The van der Waals surface area contributed by atoms with Crippen LogP contribution in [0, 0.1) is 0 Å². The molecule has 1 unspecified atom stereocenters. The van der Waals surface area contributed by atoms with Gasteiger partial charge in [0.15, 0.2) is 5.96 Å². The Morgan fingerprint density at radius 2 is 1.81 bits per heavy atom. The van der Waals surface area contributed by atoms with Crippen molar-refractivity contribution in [1.29, 1.82) is 0 Å². The number of nitrogens with zero attached hydrogens (tertiary/aromatic N) is 2. The lowest BCUT2D eigenvalue weighted by Crippen LogP contribution is -2.40. The van der Waals surface area contributed by atoms with Crippen LogP contribution in [0.15, 0.2) is 58.4 Å². The fourth-order valence-electron chi connectivity index (χ4n) is 3.40. The van der Waals surface area contributed by atoms with E-state index in [-0.39, 0.29) is 40.7 Å². The molecule has 2 aromatic carbocycles. The Hall–Kier alpha value is -2.18. The lowest BCUT2D eigenvalue weighted by atomic mass is 9.90. The van der Waals surface area contributed by atoms with Gasteiger partial charge in [-0.25, -0.2) is 12.7 Å². The minimum absolute atomic E-state index is 0. The molecule has 0 aliphatic carbocycles. The average Bonchev–Trinajstić information content (AvgIpc) is 2.73. The third-order valence-corrected chi connectivity index (χ3v) is 6.94. The standard InChI is InChI=1S/C21H27N5O3S.HI/c1-22-21(23-13-15-8-4-7-11-19(15)30(28,29)26(2)3)24-14-16-12-20(27)25-18-10-6-5-9-17(16)18;/h4-11,16H,12-14H2,1-3H3,(H,25,27)(H2,22,23,24);1H. The maximum absolute atomic E-state index is 12.6. The zero-order chi connectivity index (χ0) is 21.7. The summed E-state index contributed by atoms with van der Waals surface area (Å²) >= 11 is 0. The number of fused-ring (bicyclic) bond motifs is 1. The summed E-state index contributed by atoms with van der Waals surface area (Å²) in [5.41, 5.74) is 2.57. The van der Waals surface area contributed by atoms with Crippen molar-refractivity contribution in [3.8, 4) is 0 Å². The molecule has 0 spiro atoms. The molecule has 168 valence electrons. The molecule has 0 radical (unpaired) electrons. The molecule has 0 saturated heterocycles. The highest BCUT2D eigenvalue weighted by Gasteiger charge is 2.25. The van der Waals surface area contributed by atoms with Crippen LogP contribution in [0.25, 0.3) is 0 Å². The van der Waals surface area contributed by atoms with Crippen LogP contribution in [0.2, 0.25) is 0 Å². The van der Waals surface area contributed by atoms with E-state index in [1.807, 2.05) is 24.3 Å². The maximum Gasteiger partial charge on any atom is 0.242 e. The predicted molar refractivity (Wildman–Crippen MR) is 133 cm³/mol. The maximum atomic E-state index is 12.6. The number of guanidine groups is 1. The number of carbonyl (C=O) groups excluding carboxylic acids is 1. The van der Waals surface area contributed by atoms with Gasteiger partial charge < -0.3 is 16.0 Å². The quantitative estimate of drug-likeness (QED) is 0.288. The van der Waals surface area contributed by atoms with E-state index in [1.165, 1.54) is 18.4 Å². The number of nitrogens with one attached hydrogen (secondary N) is 3. The summed E-state index contributed by atoms with van der Waals surface area (Å²) in [6, 6.07) is 14.7. The number of benzene rings is 2. The SMILES string of the molecule is CN=C(NCc1ccccc1S(=O)(=O)N(C)C)NCC1CC(=O)Nc2ccccc21.I. The Balaban J connectivity index is 0.00000341. The zero-order valence-electron chi connectivity index (χ0n) is 17.8. The number of sulfonamides is 1. The topological polar surface area (TPSA) is 103 Å². The van der Waals surface area contributed by atoms with Gasteiger partial charge in [0.05, 0.1) is 4.90 Å². The summed E-state index contributed by atoms with van der Waals surface area (Å²) < 4.78 is 26.3. The molecule has 1 heterocycles. The summed E-state index contributed by atoms with van der Waals surface area (Å²) in [7, 11) is 1.13. The van der Waals surface area contributed by atoms with Crippen LogP contribution < -0.4 is 16.0 Å². The van der Waals surface area contributed by atoms with E-state index in [0.717, 1.165) is 11.3 Å². The molecule has 3 N–H and O–H groups in total. The van der Waals surface area contributed by atoms with Gasteiger partial charge in [-0.1, -0.05) is 36.4 Å². The number of carbonyl (C=O) groups is 1. The second kappa shape index (κ2) is 10.9. The predicted octanol–water partition coefficient (Wildman–Crippen LogP) is 2.35. The van der Waals surface area contributed by atoms with Crippen molar-refractivity contribution in [2.75, 3.05) is 33.0 Å². The van der Waals surface area contributed by atoms with Gasteiger partial charge in [0.25, 0.3) is 0 Å². The van der Waals surface area contributed by atoms with E-state index in [0.29, 0.717) is 31.0 Å². The smallest absolute Gasteiger partial charge is 0.242 e. The number of halogens is 1. The van der Waals surface area contributed by atoms with Gasteiger partial charge in [-0.05, 0) is 23.3 Å². The molecule has 3 rings (SSSR count). The van der Waals surface area contributed by atoms with Gasteiger partial charge in [-0.2, -0.15) is 0 Å². The number of amides is 1. The van der Waals surface area contributed by atoms with E-state index >= 15 is 0 Å². The first-order valence-electron chi connectivity index (χ1n) is 9.66. The Kier molecular flexibility index (Phi) is 8.83. The minimum Gasteiger partial charge on any atom is -0.356 e. The molecular weight excluding hydrogens is 529 g/mol. The van der Waals surface area contributed by atoms with Crippen molar-refractivity contribution in [1.82, 2.24) is 14.9 Å². The second-order valence-corrected chi connectivity index (χ2v) is 9.36. The van der Waals surface area contributed by atoms with Crippen molar-refractivity contribution >= 4 is 51.6 Å². The zero-order valence-corrected chi connectivity index (χ0v) is 20.9. The number of hydrogen-bond acceptors (Lipinski definition) is 4. The monoisotopic (exact) mass is 557 g/mol. The molecule has 1 aliphatic heterocycles. The first-order valence-corrected chi connectivity index (χ1v) is 11.1. The molecular formula is C21H28IN5O3S. The third kappa shape index (κ3) is 5.95. The first-order chi connectivity index (χ1) is 14.3. The molecule has 0 aromatic heterocycles. The molecule has 1 amide bonds. The van der Waals surface area contributed by atoms with E-state index in [9.17, 15) is 13.2 Å². The third-order valence-electron chi connectivity index (χ3n) is 5.02. The fraction of sp³-hybridized carbons (Fsp3) is 0.333. The van der Waals surface area contributed by atoms with E-state index < -0.39 is 10.0 Å². The van der Waals surface area contributed by atoms with Crippen molar-refractivity contribution in [2.24, 2.45) is 4.99 Å². The summed E-state index contributed by atoms with van der Waals surface area (Å²) in [5, 5.41) is 9.31. The summed E-state index contributed by atoms with van der Waals surface area (Å²) in [6.07, 6.45) is 0.394. The first kappa shape index (κ1) is 25.1. The number of hydrogen-bond donors (Lipinski definition) is 3. The van der Waals surface area contributed by atoms with E-state index in [1.54, 1.807) is 31.3 Å². The highest BCUT2D eigenvalue weighted by Crippen LogP contribution is 2.31. The number of aliphatic imine (C=N–C) groups is 1. The Morgan fingerprint density at radius 1 is 1.13 bits per heavy atom. The molecule has 0 fully saturated rings. The van der Waals surface area contributed by atoms with Crippen LogP contribution in [0.3, 0.4) is 0 Å². The molecule has 8 nitrogen and oxygen atoms in total. The Labute approximate surface area is 200 Å². The van der Waals surface area contributed by atoms with E-state index in [4.69, 9.17) is 0 Å². The van der Waals surface area contributed by atoms with Crippen molar-refractivity contribution in [3.05, 3.63) is 59.7 Å². The van der Waals surface area contributed by atoms with Crippen LogP contribution >= 0.6 is 24.0 Å². The molecule has 0 bridgehead atoms. The van der Waals surface area contributed by atoms with Crippen LogP contribution in [-0.2, 0) is 21.4 Å². The Morgan fingerprint density at radius 3 is 2.52 bits per heavy atom. The molecule has 2 aromatic rings. The summed E-state index contributed by atoms with van der Waals surface area (Å²) in [6.45, 7) is 0.826. The highest BCUT2D eigenvalue weighted by atomic mass is 127. The second-order valence-electron chi connectivity index (χ2n) is 7.24. The van der Waals surface area contributed by atoms with E-state index in [2.05, 4.69) is 20.9 Å². The lowest BCUT2D eigenvalue weighted by molar-refractivity contribution is -0.116. The van der Waals surface area contributed by atoms with Crippen molar-refractivity contribution in [3.63, 3.8) is 0 Å². The number of rotatable bonds is 6. The number of para-hydroxylation sites is 1.